The van der Waals surface area contributed by atoms with Crippen LogP contribution >= 0.6 is 0 Å². The predicted octanol–water partition coefficient (Wildman–Crippen LogP) is 0.271. The number of nitrogens with zero attached hydrogens (tertiary/aromatic N) is 1. The SMILES string of the molecule is CCOC(=O)CCC(=O)NCCNC(=O)c1cccnc1. The zero-order valence-corrected chi connectivity index (χ0v) is 11.9. The number of carbonyl (C=O) groups is 3. The van der Waals surface area contributed by atoms with Crippen molar-refractivity contribution in [1.82, 2.24) is 15.6 Å². The molecule has 1 aromatic heterocycles. The molecule has 0 unspecified atom stereocenters. The van der Waals surface area contributed by atoms with E-state index in [0.717, 1.165) is 0 Å². The van der Waals surface area contributed by atoms with Crippen molar-refractivity contribution in [3.8, 4) is 0 Å². The van der Waals surface area contributed by atoms with Gasteiger partial charge in [-0.3, -0.25) is 19.4 Å². The highest BCUT2D eigenvalue weighted by Crippen LogP contribution is 1.94. The molecular weight excluding hydrogens is 274 g/mol. The summed E-state index contributed by atoms with van der Waals surface area (Å²) >= 11 is 0. The third kappa shape index (κ3) is 7.05. The third-order valence-corrected chi connectivity index (χ3v) is 2.52. The first-order valence-electron chi connectivity index (χ1n) is 6.74. The average Bonchev–Trinajstić information content (AvgIpc) is 2.50. The molecule has 114 valence electrons. The summed E-state index contributed by atoms with van der Waals surface area (Å²) in [6.07, 6.45) is 3.19. The number of ether oxygens (including phenoxy) is 1. The van der Waals surface area contributed by atoms with E-state index >= 15 is 0 Å². The molecule has 0 aliphatic rings. The molecule has 0 aliphatic heterocycles. The summed E-state index contributed by atoms with van der Waals surface area (Å²) in [5.74, 6) is -0.889. The van der Waals surface area contributed by atoms with E-state index in [1.807, 2.05) is 0 Å². The Morgan fingerprint density at radius 2 is 1.95 bits per heavy atom. The Morgan fingerprint density at radius 3 is 2.62 bits per heavy atom. The Bertz CT molecular complexity index is 476. The molecule has 21 heavy (non-hydrogen) atoms. The van der Waals surface area contributed by atoms with Crippen LogP contribution in [-0.4, -0.2) is 42.5 Å². The van der Waals surface area contributed by atoms with Crippen molar-refractivity contribution in [2.24, 2.45) is 0 Å². The topological polar surface area (TPSA) is 97.4 Å². The second-order valence-corrected chi connectivity index (χ2v) is 4.15. The van der Waals surface area contributed by atoms with Gasteiger partial charge in [0.15, 0.2) is 0 Å². The summed E-state index contributed by atoms with van der Waals surface area (Å²) in [6, 6.07) is 3.33. The highest BCUT2D eigenvalue weighted by Gasteiger charge is 2.07. The first-order valence-corrected chi connectivity index (χ1v) is 6.74. The largest absolute Gasteiger partial charge is 0.466 e. The van der Waals surface area contributed by atoms with Crippen molar-refractivity contribution >= 4 is 17.8 Å². The molecule has 0 spiro atoms. The van der Waals surface area contributed by atoms with Crippen LogP contribution in [0.15, 0.2) is 24.5 Å². The highest BCUT2D eigenvalue weighted by atomic mass is 16.5. The molecule has 1 heterocycles. The van der Waals surface area contributed by atoms with Gasteiger partial charge in [-0.25, -0.2) is 0 Å². The molecule has 2 amide bonds. The summed E-state index contributed by atoms with van der Waals surface area (Å²) < 4.78 is 4.72. The Balaban J connectivity index is 2.12. The molecule has 7 nitrogen and oxygen atoms in total. The zero-order chi connectivity index (χ0) is 15.5. The first kappa shape index (κ1) is 16.6. The van der Waals surface area contributed by atoms with E-state index in [4.69, 9.17) is 4.74 Å². The lowest BCUT2D eigenvalue weighted by atomic mass is 10.2. The van der Waals surface area contributed by atoms with Gasteiger partial charge in [0, 0.05) is 31.9 Å². The number of esters is 1. The van der Waals surface area contributed by atoms with Crippen LogP contribution in [0.5, 0.6) is 0 Å². The van der Waals surface area contributed by atoms with Gasteiger partial charge in [-0.2, -0.15) is 0 Å². The summed E-state index contributed by atoms with van der Waals surface area (Å²) in [6.45, 7) is 2.62. The minimum absolute atomic E-state index is 0.0573. The molecule has 7 heteroatoms. The molecule has 0 fully saturated rings. The quantitative estimate of drug-likeness (QED) is 0.529. The highest BCUT2D eigenvalue weighted by molar-refractivity contribution is 5.93. The first-order chi connectivity index (χ1) is 10.1. The Kier molecular flexibility index (Phi) is 7.49. The molecule has 1 rings (SSSR count). The van der Waals surface area contributed by atoms with Crippen molar-refractivity contribution in [2.75, 3.05) is 19.7 Å². The smallest absolute Gasteiger partial charge is 0.306 e. The van der Waals surface area contributed by atoms with Gasteiger partial charge in [0.25, 0.3) is 5.91 Å². The van der Waals surface area contributed by atoms with Gasteiger partial charge in [0.1, 0.15) is 0 Å². The fraction of sp³-hybridized carbons (Fsp3) is 0.429. The summed E-state index contributed by atoms with van der Waals surface area (Å²) in [7, 11) is 0. The molecule has 1 aromatic rings. The maximum absolute atomic E-state index is 11.7. The average molecular weight is 293 g/mol. The lowest BCUT2D eigenvalue weighted by Gasteiger charge is -2.07. The number of pyridine rings is 1. The van der Waals surface area contributed by atoms with Crippen LogP contribution in [0.25, 0.3) is 0 Å². The molecule has 0 saturated heterocycles. The summed E-state index contributed by atoms with van der Waals surface area (Å²) in [5.41, 5.74) is 0.464. The minimum atomic E-state index is -0.391. The number of aromatic nitrogens is 1. The van der Waals surface area contributed by atoms with E-state index in [-0.39, 0.29) is 24.7 Å². The van der Waals surface area contributed by atoms with E-state index in [0.29, 0.717) is 25.3 Å². The van der Waals surface area contributed by atoms with Crippen LogP contribution in [-0.2, 0) is 14.3 Å². The number of rotatable bonds is 8. The number of hydrogen-bond acceptors (Lipinski definition) is 5. The Morgan fingerprint density at radius 1 is 1.19 bits per heavy atom. The van der Waals surface area contributed by atoms with E-state index in [1.165, 1.54) is 6.20 Å². The van der Waals surface area contributed by atoms with E-state index < -0.39 is 5.97 Å². The van der Waals surface area contributed by atoms with Crippen LogP contribution < -0.4 is 10.6 Å². The number of amides is 2. The lowest BCUT2D eigenvalue weighted by molar-refractivity contribution is -0.144. The Hall–Kier alpha value is -2.44. The fourth-order valence-corrected chi connectivity index (χ4v) is 1.51. The normalized spacial score (nSPS) is 9.76. The maximum Gasteiger partial charge on any atom is 0.306 e. The van der Waals surface area contributed by atoms with E-state index in [1.54, 1.807) is 25.3 Å². The fourth-order valence-electron chi connectivity index (χ4n) is 1.51. The van der Waals surface area contributed by atoms with Crippen LogP contribution in [0, 0.1) is 0 Å². The summed E-state index contributed by atoms with van der Waals surface area (Å²) in [4.78, 5) is 38.0. The number of nitrogens with one attached hydrogen (secondary N) is 2. The summed E-state index contributed by atoms with van der Waals surface area (Å²) in [5, 5.41) is 5.26. The number of hydrogen-bond donors (Lipinski definition) is 2. The zero-order valence-electron chi connectivity index (χ0n) is 11.9. The number of carbonyl (C=O) groups excluding carboxylic acids is 3. The standard InChI is InChI=1S/C14H19N3O4/c1-2-21-13(19)6-5-12(18)16-8-9-17-14(20)11-4-3-7-15-10-11/h3-4,7,10H,2,5-6,8-9H2,1H3,(H,16,18)(H,17,20). The van der Waals surface area contributed by atoms with Gasteiger partial charge in [-0.1, -0.05) is 0 Å². The lowest BCUT2D eigenvalue weighted by Crippen LogP contribution is -2.34. The van der Waals surface area contributed by atoms with E-state index in [9.17, 15) is 14.4 Å². The second kappa shape index (κ2) is 9.46. The van der Waals surface area contributed by atoms with Crippen LogP contribution in [0.2, 0.25) is 0 Å². The van der Waals surface area contributed by atoms with Crippen LogP contribution in [0.3, 0.4) is 0 Å². The van der Waals surface area contributed by atoms with Gasteiger partial charge in [0.2, 0.25) is 5.91 Å². The van der Waals surface area contributed by atoms with Gasteiger partial charge in [0.05, 0.1) is 18.6 Å². The molecule has 0 aromatic carbocycles. The molecule has 0 bridgehead atoms. The Labute approximate surface area is 123 Å². The van der Waals surface area contributed by atoms with Crippen molar-refractivity contribution in [1.29, 1.82) is 0 Å². The molecule has 0 radical (unpaired) electrons. The van der Waals surface area contributed by atoms with Crippen molar-refractivity contribution in [3.05, 3.63) is 30.1 Å². The van der Waals surface area contributed by atoms with E-state index in [2.05, 4.69) is 15.6 Å². The predicted molar refractivity (Wildman–Crippen MR) is 75.4 cm³/mol. The van der Waals surface area contributed by atoms with Crippen molar-refractivity contribution in [3.63, 3.8) is 0 Å². The van der Waals surface area contributed by atoms with Crippen molar-refractivity contribution in [2.45, 2.75) is 19.8 Å². The molecule has 0 atom stereocenters. The maximum atomic E-state index is 11.7. The van der Waals surface area contributed by atoms with Gasteiger partial charge < -0.3 is 15.4 Å². The molecule has 0 saturated carbocycles. The van der Waals surface area contributed by atoms with Crippen LogP contribution in [0.4, 0.5) is 0 Å². The van der Waals surface area contributed by atoms with Gasteiger partial charge in [-0.05, 0) is 19.1 Å². The monoisotopic (exact) mass is 293 g/mol. The van der Waals surface area contributed by atoms with Crippen molar-refractivity contribution < 1.29 is 19.1 Å². The van der Waals surface area contributed by atoms with Gasteiger partial charge in [-0.15, -0.1) is 0 Å². The molecule has 0 aliphatic carbocycles. The molecular formula is C14H19N3O4. The molecule has 2 N–H and O–H groups in total. The van der Waals surface area contributed by atoms with Gasteiger partial charge >= 0.3 is 5.97 Å². The minimum Gasteiger partial charge on any atom is -0.466 e. The van der Waals surface area contributed by atoms with Crippen LogP contribution in [0.1, 0.15) is 30.1 Å². The third-order valence-electron chi connectivity index (χ3n) is 2.52. The second-order valence-electron chi connectivity index (χ2n) is 4.15.